The lowest BCUT2D eigenvalue weighted by Gasteiger charge is -2.03. The Hall–Kier alpha value is -2.06. The lowest BCUT2D eigenvalue weighted by atomic mass is 10.3. The molecule has 0 aliphatic carbocycles. The summed E-state index contributed by atoms with van der Waals surface area (Å²) in [4.78, 5) is 0. The second kappa shape index (κ2) is 7.09. The minimum atomic E-state index is -5.84. The van der Waals surface area contributed by atoms with Gasteiger partial charge in [0.2, 0.25) is 0 Å². The molecule has 2 aromatic rings. The van der Waals surface area contributed by atoms with Gasteiger partial charge in [-0.15, -0.1) is 0 Å². The lowest BCUT2D eigenvalue weighted by molar-refractivity contribution is -0.0510. The first-order valence-electron chi connectivity index (χ1n) is 5.52. The van der Waals surface area contributed by atoms with Crippen LogP contribution < -0.4 is 4.74 Å². The molecule has 8 heteroatoms. The molecular formula is C13H11F3O4S. The van der Waals surface area contributed by atoms with Crippen LogP contribution in [0.4, 0.5) is 13.2 Å². The zero-order chi connectivity index (χ0) is 15.9. The van der Waals surface area contributed by atoms with Gasteiger partial charge in [0, 0.05) is 0 Å². The van der Waals surface area contributed by atoms with Gasteiger partial charge in [0.25, 0.3) is 0 Å². The zero-order valence-corrected chi connectivity index (χ0v) is 11.3. The molecule has 0 saturated carbocycles. The van der Waals surface area contributed by atoms with E-state index < -0.39 is 15.6 Å². The monoisotopic (exact) mass is 320 g/mol. The van der Waals surface area contributed by atoms with Crippen molar-refractivity contribution in [3.8, 4) is 11.5 Å². The van der Waals surface area contributed by atoms with E-state index in [1.165, 1.54) is 0 Å². The largest absolute Gasteiger partial charge is 0.522 e. The molecule has 0 unspecified atom stereocenters. The summed E-state index contributed by atoms with van der Waals surface area (Å²) < 4.78 is 63.1. The number of hydrogen-bond acceptors (Lipinski definition) is 3. The molecule has 0 aliphatic rings. The highest BCUT2D eigenvalue weighted by Gasteiger charge is 2.44. The molecule has 21 heavy (non-hydrogen) atoms. The third kappa shape index (κ3) is 6.28. The van der Waals surface area contributed by atoms with Crippen LogP contribution in [0.25, 0.3) is 0 Å². The smallest absolute Gasteiger partial charge is 0.457 e. The number of alkyl halides is 3. The Morgan fingerprint density at radius 3 is 1.33 bits per heavy atom. The van der Waals surface area contributed by atoms with Crippen LogP contribution in [-0.4, -0.2) is 18.5 Å². The summed E-state index contributed by atoms with van der Waals surface area (Å²) in [5, 5.41) is 0. The molecule has 0 fully saturated rings. The fourth-order valence-electron chi connectivity index (χ4n) is 1.11. The van der Waals surface area contributed by atoms with E-state index in [1.54, 1.807) is 0 Å². The van der Waals surface area contributed by atoms with E-state index in [4.69, 9.17) is 17.7 Å². The number of rotatable bonds is 2. The van der Waals surface area contributed by atoms with Crippen molar-refractivity contribution in [3.63, 3.8) is 0 Å². The third-order valence-corrected chi connectivity index (χ3v) is 2.60. The van der Waals surface area contributed by atoms with E-state index >= 15 is 0 Å². The molecule has 0 saturated heterocycles. The first-order chi connectivity index (χ1) is 9.70. The van der Waals surface area contributed by atoms with Gasteiger partial charge in [-0.05, 0) is 24.3 Å². The van der Waals surface area contributed by atoms with Gasteiger partial charge < -0.3 is 4.74 Å². The van der Waals surface area contributed by atoms with Gasteiger partial charge in [-0.2, -0.15) is 21.6 Å². The lowest BCUT2D eigenvalue weighted by Crippen LogP contribution is -2.21. The highest BCUT2D eigenvalue weighted by Crippen LogP contribution is 2.20. The van der Waals surface area contributed by atoms with Gasteiger partial charge in [-0.3, -0.25) is 4.55 Å². The summed E-state index contributed by atoms with van der Waals surface area (Å²) >= 11 is 0. The summed E-state index contributed by atoms with van der Waals surface area (Å²) in [6.45, 7) is 0. The van der Waals surface area contributed by atoms with Crippen molar-refractivity contribution in [3.05, 3.63) is 60.7 Å². The van der Waals surface area contributed by atoms with Gasteiger partial charge in [0.05, 0.1) is 0 Å². The average Bonchev–Trinajstić information content (AvgIpc) is 2.39. The normalized spacial score (nSPS) is 11.2. The van der Waals surface area contributed by atoms with Crippen molar-refractivity contribution in [2.45, 2.75) is 5.51 Å². The summed E-state index contributed by atoms with van der Waals surface area (Å²) in [6, 6.07) is 19.5. The predicted molar refractivity (Wildman–Crippen MR) is 70.6 cm³/mol. The van der Waals surface area contributed by atoms with Crippen LogP contribution in [0.3, 0.4) is 0 Å². The van der Waals surface area contributed by atoms with Crippen molar-refractivity contribution in [1.29, 1.82) is 0 Å². The highest BCUT2D eigenvalue weighted by molar-refractivity contribution is 7.86. The molecular weight excluding hydrogens is 309 g/mol. The molecule has 0 bridgehead atoms. The molecule has 0 heterocycles. The Labute approximate surface area is 119 Å². The van der Waals surface area contributed by atoms with Crippen LogP contribution in [0.1, 0.15) is 0 Å². The van der Waals surface area contributed by atoms with Gasteiger partial charge in [-0.25, -0.2) is 0 Å². The first kappa shape index (κ1) is 17.0. The van der Waals surface area contributed by atoms with Crippen molar-refractivity contribution in [2.24, 2.45) is 0 Å². The number of benzene rings is 2. The number of halogens is 3. The molecule has 2 rings (SSSR count). The first-order valence-corrected chi connectivity index (χ1v) is 6.96. The molecule has 0 atom stereocenters. The minimum Gasteiger partial charge on any atom is -0.457 e. The summed E-state index contributed by atoms with van der Waals surface area (Å²) in [5.41, 5.74) is -5.53. The van der Waals surface area contributed by atoms with Crippen LogP contribution in [0.2, 0.25) is 0 Å². The number of ether oxygens (including phenoxy) is 1. The maximum Gasteiger partial charge on any atom is 0.522 e. The molecule has 114 valence electrons. The summed E-state index contributed by atoms with van der Waals surface area (Å²) in [5.74, 6) is 1.74. The summed E-state index contributed by atoms with van der Waals surface area (Å²) in [7, 11) is -5.84. The molecule has 0 aromatic heterocycles. The predicted octanol–water partition coefficient (Wildman–Crippen LogP) is 3.87. The van der Waals surface area contributed by atoms with Crippen molar-refractivity contribution in [2.75, 3.05) is 0 Å². The van der Waals surface area contributed by atoms with Crippen LogP contribution >= 0.6 is 0 Å². The highest BCUT2D eigenvalue weighted by atomic mass is 32.2. The molecule has 1 N–H and O–H groups in total. The number of para-hydroxylation sites is 2. The molecule has 0 radical (unpaired) electrons. The second-order valence-corrected chi connectivity index (χ2v) is 5.06. The van der Waals surface area contributed by atoms with Crippen molar-refractivity contribution < 1.29 is 30.9 Å². The minimum absolute atomic E-state index is 0.869. The zero-order valence-electron chi connectivity index (χ0n) is 10.5. The van der Waals surface area contributed by atoms with Gasteiger partial charge >= 0.3 is 15.6 Å². The average molecular weight is 320 g/mol. The molecule has 0 aliphatic heterocycles. The van der Waals surface area contributed by atoms with Crippen molar-refractivity contribution >= 4 is 10.1 Å². The molecule has 4 nitrogen and oxygen atoms in total. The Kier molecular flexibility index (Phi) is 5.74. The Morgan fingerprint density at radius 2 is 1.10 bits per heavy atom. The van der Waals surface area contributed by atoms with E-state index in [9.17, 15) is 13.2 Å². The topological polar surface area (TPSA) is 63.6 Å². The fourth-order valence-corrected chi connectivity index (χ4v) is 1.11. The Morgan fingerprint density at radius 1 is 0.810 bits per heavy atom. The van der Waals surface area contributed by atoms with Crippen LogP contribution in [0.5, 0.6) is 11.5 Å². The van der Waals surface area contributed by atoms with Crippen LogP contribution in [0, 0.1) is 0 Å². The third-order valence-electron chi connectivity index (χ3n) is 2.01. The molecule has 0 spiro atoms. The van der Waals surface area contributed by atoms with Gasteiger partial charge in [-0.1, -0.05) is 36.4 Å². The fraction of sp³-hybridized carbons (Fsp3) is 0.0769. The van der Waals surface area contributed by atoms with Crippen molar-refractivity contribution in [1.82, 2.24) is 0 Å². The molecule has 2 aromatic carbocycles. The molecule has 0 amide bonds. The second-order valence-electron chi connectivity index (χ2n) is 3.65. The van der Waals surface area contributed by atoms with Gasteiger partial charge in [0.15, 0.2) is 0 Å². The SMILES string of the molecule is O=S(=O)(O)C(F)(F)F.c1ccc(Oc2ccccc2)cc1. The van der Waals surface area contributed by atoms with Crippen LogP contribution in [0.15, 0.2) is 60.7 Å². The van der Waals surface area contributed by atoms with E-state index in [2.05, 4.69) is 0 Å². The number of hydrogen-bond donors (Lipinski definition) is 1. The van der Waals surface area contributed by atoms with E-state index in [-0.39, 0.29) is 0 Å². The van der Waals surface area contributed by atoms with Crippen LogP contribution in [-0.2, 0) is 10.1 Å². The maximum absolute atomic E-state index is 10.7. The Bertz CT molecular complexity index is 603. The van der Waals surface area contributed by atoms with E-state index in [1.807, 2.05) is 60.7 Å². The summed E-state index contributed by atoms with van der Waals surface area (Å²) in [6.07, 6.45) is 0. The van der Waals surface area contributed by atoms with E-state index in [0.29, 0.717) is 0 Å². The standard InChI is InChI=1S/C12H10O.CHF3O3S/c1-3-7-11(8-4-1)13-12-9-5-2-6-10-12;2-1(3,4)8(5,6)7/h1-10H;(H,5,6,7). The van der Waals surface area contributed by atoms with E-state index in [0.717, 1.165) is 11.5 Å². The quantitative estimate of drug-likeness (QED) is 0.674. The maximum atomic E-state index is 10.7. The Balaban J connectivity index is 0.000000240. The van der Waals surface area contributed by atoms with Gasteiger partial charge in [0.1, 0.15) is 11.5 Å².